The van der Waals surface area contributed by atoms with Crippen molar-refractivity contribution in [2.45, 2.75) is 31.4 Å². The van der Waals surface area contributed by atoms with Gasteiger partial charge < -0.3 is 14.9 Å². The molecule has 0 aliphatic carbocycles. The standard InChI is InChI=1S/C30H26FNO3S/c31-23-13-9-20(10-14-23)5-4-8-28-29(26-18-17-25(33)19-27(26)34)32(30(36)35-28)24-15-11-22(12-16-24)21-6-2-1-3-7-21/h1-3,6-7,9-19,28-29,33-34H,4-5,8H2/t28-,29-/m1/s1. The van der Waals surface area contributed by atoms with E-state index in [-0.39, 0.29) is 29.5 Å². The predicted molar refractivity (Wildman–Crippen MR) is 144 cm³/mol. The Kier molecular flexibility index (Phi) is 6.87. The van der Waals surface area contributed by atoms with Crippen LogP contribution in [0.5, 0.6) is 11.5 Å². The first kappa shape index (κ1) is 23.8. The van der Waals surface area contributed by atoms with Gasteiger partial charge >= 0.3 is 0 Å². The van der Waals surface area contributed by atoms with Crippen LogP contribution in [0.4, 0.5) is 10.1 Å². The maximum atomic E-state index is 13.2. The molecule has 2 N–H and O–H groups in total. The van der Waals surface area contributed by atoms with Crippen molar-refractivity contribution < 1.29 is 19.3 Å². The van der Waals surface area contributed by atoms with E-state index in [0.717, 1.165) is 35.2 Å². The van der Waals surface area contributed by atoms with Crippen LogP contribution in [0.25, 0.3) is 11.1 Å². The zero-order valence-electron chi connectivity index (χ0n) is 19.5. The number of ether oxygens (including phenoxy) is 1. The van der Waals surface area contributed by atoms with Gasteiger partial charge in [-0.1, -0.05) is 54.6 Å². The van der Waals surface area contributed by atoms with Gasteiger partial charge in [0, 0.05) is 17.3 Å². The summed E-state index contributed by atoms with van der Waals surface area (Å²) in [5.74, 6) is -0.271. The molecular weight excluding hydrogens is 473 g/mol. The molecular formula is C30H26FNO3S. The van der Waals surface area contributed by atoms with E-state index in [4.69, 9.17) is 17.0 Å². The lowest BCUT2D eigenvalue weighted by atomic mass is 9.94. The highest BCUT2D eigenvalue weighted by atomic mass is 32.1. The summed E-state index contributed by atoms with van der Waals surface area (Å²) < 4.78 is 19.4. The number of aromatic hydroxyl groups is 2. The van der Waals surface area contributed by atoms with Crippen molar-refractivity contribution in [1.82, 2.24) is 0 Å². The highest BCUT2D eigenvalue weighted by Crippen LogP contribution is 2.43. The molecule has 4 aromatic rings. The lowest BCUT2D eigenvalue weighted by Gasteiger charge is -2.27. The minimum Gasteiger partial charge on any atom is -0.508 e. The smallest absolute Gasteiger partial charge is 0.264 e. The Hall–Kier alpha value is -3.90. The van der Waals surface area contributed by atoms with Crippen molar-refractivity contribution in [2.24, 2.45) is 0 Å². The molecule has 2 atom stereocenters. The number of benzene rings is 4. The van der Waals surface area contributed by atoms with Gasteiger partial charge in [0.25, 0.3) is 5.17 Å². The zero-order chi connectivity index (χ0) is 25.1. The number of hydrogen-bond acceptors (Lipinski definition) is 4. The summed E-state index contributed by atoms with van der Waals surface area (Å²) in [7, 11) is 0. The van der Waals surface area contributed by atoms with Crippen LogP contribution in [0.3, 0.4) is 0 Å². The number of aryl methyl sites for hydroxylation is 1. The molecule has 1 aliphatic rings. The zero-order valence-corrected chi connectivity index (χ0v) is 20.4. The molecule has 0 spiro atoms. The molecule has 0 unspecified atom stereocenters. The third-order valence-corrected chi connectivity index (χ3v) is 6.82. The average Bonchev–Trinajstić information content (AvgIpc) is 3.21. The van der Waals surface area contributed by atoms with E-state index < -0.39 is 0 Å². The molecule has 0 amide bonds. The van der Waals surface area contributed by atoms with E-state index in [1.54, 1.807) is 24.3 Å². The summed E-state index contributed by atoms with van der Waals surface area (Å²) >= 11 is 5.66. The molecule has 0 aromatic heterocycles. The van der Waals surface area contributed by atoms with E-state index in [1.165, 1.54) is 18.2 Å². The van der Waals surface area contributed by atoms with Gasteiger partial charge in [0.05, 0.1) is 0 Å². The van der Waals surface area contributed by atoms with E-state index in [2.05, 4.69) is 12.1 Å². The van der Waals surface area contributed by atoms with Crippen LogP contribution in [0, 0.1) is 5.82 Å². The fourth-order valence-electron chi connectivity index (χ4n) is 4.74. The van der Waals surface area contributed by atoms with Gasteiger partial charge in [0.15, 0.2) is 0 Å². The van der Waals surface area contributed by atoms with Crippen molar-refractivity contribution in [3.8, 4) is 22.6 Å². The Morgan fingerprint density at radius 1 is 0.833 bits per heavy atom. The Bertz CT molecular complexity index is 1340. The number of phenolic OH excluding ortho intramolecular Hbond substituents is 2. The molecule has 4 nitrogen and oxygen atoms in total. The van der Waals surface area contributed by atoms with E-state index >= 15 is 0 Å². The molecule has 5 rings (SSSR count). The number of halogens is 1. The molecule has 36 heavy (non-hydrogen) atoms. The molecule has 182 valence electrons. The van der Waals surface area contributed by atoms with Crippen molar-refractivity contribution >= 4 is 23.1 Å². The molecule has 4 aromatic carbocycles. The quantitative estimate of drug-likeness (QED) is 0.264. The number of anilines is 1. The van der Waals surface area contributed by atoms with Crippen LogP contribution in [0.1, 0.15) is 30.0 Å². The summed E-state index contributed by atoms with van der Waals surface area (Å²) in [5, 5.41) is 20.9. The molecule has 0 bridgehead atoms. The number of phenols is 2. The summed E-state index contributed by atoms with van der Waals surface area (Å²) in [6.45, 7) is 0. The second-order valence-electron chi connectivity index (χ2n) is 8.91. The van der Waals surface area contributed by atoms with Gasteiger partial charge in [0.2, 0.25) is 0 Å². The van der Waals surface area contributed by atoms with Gasteiger partial charge in [-0.2, -0.15) is 0 Å². The van der Waals surface area contributed by atoms with Gasteiger partial charge in [-0.25, -0.2) is 4.39 Å². The third-order valence-electron chi connectivity index (χ3n) is 6.53. The minimum atomic E-state index is -0.367. The average molecular weight is 500 g/mol. The van der Waals surface area contributed by atoms with Gasteiger partial charge in [0.1, 0.15) is 29.5 Å². The molecule has 1 saturated heterocycles. The Balaban J connectivity index is 1.42. The lowest BCUT2D eigenvalue weighted by molar-refractivity contribution is 0.190. The van der Waals surface area contributed by atoms with E-state index in [0.29, 0.717) is 17.2 Å². The monoisotopic (exact) mass is 499 g/mol. The van der Waals surface area contributed by atoms with Crippen LogP contribution >= 0.6 is 12.2 Å². The molecule has 6 heteroatoms. The molecule has 1 fully saturated rings. The Morgan fingerprint density at radius 2 is 1.53 bits per heavy atom. The normalized spacial score (nSPS) is 17.2. The first-order valence-corrected chi connectivity index (χ1v) is 12.3. The second-order valence-corrected chi connectivity index (χ2v) is 9.26. The SMILES string of the molecule is Oc1ccc([C@@H]2[C@@H](CCCc3ccc(F)cc3)OC(=S)N2c2ccc(-c3ccccc3)cc2)c(O)c1. The van der Waals surface area contributed by atoms with E-state index in [9.17, 15) is 14.6 Å². The Morgan fingerprint density at radius 3 is 2.22 bits per heavy atom. The first-order valence-electron chi connectivity index (χ1n) is 11.9. The lowest BCUT2D eigenvalue weighted by Crippen LogP contribution is -2.29. The van der Waals surface area contributed by atoms with Crippen molar-refractivity contribution in [2.75, 3.05) is 4.90 Å². The van der Waals surface area contributed by atoms with Gasteiger partial charge in [-0.3, -0.25) is 4.90 Å². The van der Waals surface area contributed by atoms with Crippen molar-refractivity contribution in [3.05, 3.63) is 114 Å². The number of rotatable bonds is 7. The highest BCUT2D eigenvalue weighted by molar-refractivity contribution is 7.80. The highest BCUT2D eigenvalue weighted by Gasteiger charge is 2.42. The van der Waals surface area contributed by atoms with E-state index in [1.807, 2.05) is 47.4 Å². The van der Waals surface area contributed by atoms with Crippen LogP contribution in [0.2, 0.25) is 0 Å². The summed E-state index contributed by atoms with van der Waals surface area (Å²) in [6, 6.07) is 29.0. The fourth-order valence-corrected chi connectivity index (χ4v) is 5.08. The van der Waals surface area contributed by atoms with Gasteiger partial charge in [-0.15, -0.1) is 0 Å². The summed E-state index contributed by atoms with van der Waals surface area (Å²) in [5.41, 5.74) is 4.75. The number of thiocarbonyl (C=S) groups is 1. The minimum absolute atomic E-state index is 0.00985. The summed E-state index contributed by atoms with van der Waals surface area (Å²) in [6.07, 6.45) is 1.95. The van der Waals surface area contributed by atoms with Gasteiger partial charge in [-0.05, 0) is 84.6 Å². The number of nitrogens with zero attached hydrogens (tertiary/aromatic N) is 1. The van der Waals surface area contributed by atoms with Crippen LogP contribution in [-0.2, 0) is 11.2 Å². The topological polar surface area (TPSA) is 52.9 Å². The maximum Gasteiger partial charge on any atom is 0.264 e. The fraction of sp³-hybridized carbons (Fsp3) is 0.167. The predicted octanol–water partition coefficient (Wildman–Crippen LogP) is 7.16. The number of hydrogen-bond donors (Lipinski definition) is 2. The first-order chi connectivity index (χ1) is 17.5. The van der Waals surface area contributed by atoms with Crippen LogP contribution < -0.4 is 4.90 Å². The van der Waals surface area contributed by atoms with Crippen molar-refractivity contribution in [1.29, 1.82) is 0 Å². The van der Waals surface area contributed by atoms with Crippen LogP contribution in [-0.4, -0.2) is 21.5 Å². The van der Waals surface area contributed by atoms with Crippen molar-refractivity contribution in [3.63, 3.8) is 0 Å². The summed E-state index contributed by atoms with van der Waals surface area (Å²) in [4.78, 5) is 1.93. The molecule has 1 aliphatic heterocycles. The maximum absolute atomic E-state index is 13.2. The molecule has 1 heterocycles. The Labute approximate surface area is 215 Å². The second kappa shape index (κ2) is 10.4. The molecule has 0 saturated carbocycles. The van der Waals surface area contributed by atoms with Crippen LogP contribution in [0.15, 0.2) is 97.1 Å². The molecule has 0 radical (unpaired) electrons. The largest absolute Gasteiger partial charge is 0.508 e. The third kappa shape index (κ3) is 5.04.